The first kappa shape index (κ1) is 13.5. The molecule has 1 aliphatic heterocycles. The Morgan fingerprint density at radius 2 is 2.10 bits per heavy atom. The van der Waals surface area contributed by atoms with Crippen molar-refractivity contribution in [2.45, 2.75) is 13.3 Å². The highest BCUT2D eigenvalue weighted by molar-refractivity contribution is 6.04. The van der Waals surface area contributed by atoms with Crippen LogP contribution in [-0.4, -0.2) is 19.6 Å². The Bertz CT molecular complexity index is 695. The average molecular weight is 282 g/mol. The normalized spacial score (nSPS) is 12.5. The van der Waals surface area contributed by atoms with Gasteiger partial charge in [0, 0.05) is 23.5 Å². The fourth-order valence-electron chi connectivity index (χ4n) is 2.61. The van der Waals surface area contributed by atoms with E-state index in [2.05, 4.69) is 10.6 Å². The summed E-state index contributed by atoms with van der Waals surface area (Å²) in [6.45, 7) is 2.90. The van der Waals surface area contributed by atoms with E-state index >= 15 is 0 Å². The Balaban J connectivity index is 1.78. The fraction of sp³-hybridized carbons (Fsp3) is 0.235. The standard InChI is InChI=1S/C17H18N2O2/c1-11-9-14(4-6-16(11)21-2)19-17(20)13-3-5-15-12(10-13)7-8-18-15/h3-6,9-10,18H,7-8H2,1-2H3,(H,19,20). The molecule has 0 aliphatic carbocycles. The molecule has 0 fully saturated rings. The van der Waals surface area contributed by atoms with Crippen molar-refractivity contribution in [2.75, 3.05) is 24.3 Å². The number of ether oxygens (including phenoxy) is 1. The van der Waals surface area contributed by atoms with Gasteiger partial charge in [-0.2, -0.15) is 0 Å². The number of hydrogen-bond acceptors (Lipinski definition) is 3. The summed E-state index contributed by atoms with van der Waals surface area (Å²) in [4.78, 5) is 12.3. The zero-order chi connectivity index (χ0) is 14.8. The molecule has 3 rings (SSSR count). The number of amides is 1. The molecule has 2 aromatic carbocycles. The molecule has 21 heavy (non-hydrogen) atoms. The van der Waals surface area contributed by atoms with Crippen LogP contribution in [0.1, 0.15) is 21.5 Å². The van der Waals surface area contributed by atoms with Crippen LogP contribution in [0.2, 0.25) is 0 Å². The Morgan fingerprint density at radius 3 is 2.86 bits per heavy atom. The third-order valence-corrected chi connectivity index (χ3v) is 3.73. The third-order valence-electron chi connectivity index (χ3n) is 3.73. The molecule has 4 nitrogen and oxygen atoms in total. The molecule has 108 valence electrons. The van der Waals surface area contributed by atoms with E-state index in [1.807, 2.05) is 43.3 Å². The highest BCUT2D eigenvalue weighted by atomic mass is 16.5. The molecule has 0 saturated heterocycles. The summed E-state index contributed by atoms with van der Waals surface area (Å²) in [5, 5.41) is 6.22. The van der Waals surface area contributed by atoms with E-state index < -0.39 is 0 Å². The van der Waals surface area contributed by atoms with Crippen LogP contribution in [0.4, 0.5) is 11.4 Å². The predicted octanol–water partition coefficient (Wildman–Crippen LogP) is 3.22. The van der Waals surface area contributed by atoms with Crippen molar-refractivity contribution in [3.63, 3.8) is 0 Å². The molecule has 2 aromatic rings. The summed E-state index contributed by atoms with van der Waals surface area (Å²) in [7, 11) is 1.64. The van der Waals surface area contributed by atoms with Gasteiger partial charge in [0.05, 0.1) is 7.11 Å². The Kier molecular flexibility index (Phi) is 3.52. The van der Waals surface area contributed by atoms with E-state index in [1.165, 1.54) is 5.56 Å². The third kappa shape index (κ3) is 2.70. The van der Waals surface area contributed by atoms with Gasteiger partial charge in [0.25, 0.3) is 5.91 Å². The summed E-state index contributed by atoms with van der Waals surface area (Å²) >= 11 is 0. The predicted molar refractivity (Wildman–Crippen MR) is 84.3 cm³/mol. The minimum absolute atomic E-state index is 0.0886. The lowest BCUT2D eigenvalue weighted by atomic mass is 10.1. The van der Waals surface area contributed by atoms with Crippen LogP contribution >= 0.6 is 0 Å². The highest BCUT2D eigenvalue weighted by Gasteiger charge is 2.13. The van der Waals surface area contributed by atoms with Crippen LogP contribution in [0.15, 0.2) is 36.4 Å². The summed E-state index contributed by atoms with van der Waals surface area (Å²) in [6.07, 6.45) is 0.970. The Morgan fingerprint density at radius 1 is 1.24 bits per heavy atom. The highest BCUT2D eigenvalue weighted by Crippen LogP contribution is 2.24. The summed E-state index contributed by atoms with van der Waals surface area (Å²) in [5.74, 6) is 0.728. The molecule has 1 aliphatic rings. The van der Waals surface area contributed by atoms with Gasteiger partial charge in [-0.15, -0.1) is 0 Å². The van der Waals surface area contributed by atoms with Crippen LogP contribution in [-0.2, 0) is 6.42 Å². The van der Waals surface area contributed by atoms with Gasteiger partial charge in [0.15, 0.2) is 0 Å². The van der Waals surface area contributed by atoms with Crippen LogP contribution in [0.5, 0.6) is 5.75 Å². The van der Waals surface area contributed by atoms with Crippen LogP contribution in [0, 0.1) is 6.92 Å². The zero-order valence-corrected chi connectivity index (χ0v) is 12.2. The van der Waals surface area contributed by atoms with E-state index in [0.29, 0.717) is 5.56 Å². The van der Waals surface area contributed by atoms with Gasteiger partial charge in [-0.3, -0.25) is 4.79 Å². The first-order valence-electron chi connectivity index (χ1n) is 7.00. The van der Waals surface area contributed by atoms with Gasteiger partial charge in [-0.25, -0.2) is 0 Å². The molecule has 2 N–H and O–H groups in total. The van der Waals surface area contributed by atoms with Crippen molar-refractivity contribution < 1.29 is 9.53 Å². The fourth-order valence-corrected chi connectivity index (χ4v) is 2.61. The maximum atomic E-state index is 12.3. The van der Waals surface area contributed by atoms with E-state index in [4.69, 9.17) is 4.74 Å². The molecule has 0 spiro atoms. The quantitative estimate of drug-likeness (QED) is 0.908. The second kappa shape index (κ2) is 5.48. The monoisotopic (exact) mass is 282 g/mol. The minimum atomic E-state index is -0.0886. The molecular formula is C17H18N2O2. The number of carbonyl (C=O) groups excluding carboxylic acids is 1. The maximum Gasteiger partial charge on any atom is 0.255 e. The zero-order valence-electron chi connectivity index (χ0n) is 12.2. The van der Waals surface area contributed by atoms with Crippen LogP contribution in [0.25, 0.3) is 0 Å². The molecule has 0 saturated carbocycles. The number of aryl methyl sites for hydroxylation is 1. The molecule has 1 heterocycles. The van der Waals surface area contributed by atoms with Crippen molar-refractivity contribution in [1.29, 1.82) is 0 Å². The van der Waals surface area contributed by atoms with Crippen molar-refractivity contribution in [3.8, 4) is 5.75 Å². The summed E-state index contributed by atoms with van der Waals surface area (Å²) in [6, 6.07) is 11.4. The number of rotatable bonds is 3. The molecular weight excluding hydrogens is 264 g/mol. The Labute approximate surface area is 124 Å². The van der Waals surface area contributed by atoms with Gasteiger partial charge in [0.1, 0.15) is 5.75 Å². The molecule has 0 atom stereocenters. The van der Waals surface area contributed by atoms with Gasteiger partial charge in [-0.1, -0.05) is 0 Å². The lowest BCUT2D eigenvalue weighted by Crippen LogP contribution is -2.12. The van der Waals surface area contributed by atoms with E-state index in [-0.39, 0.29) is 5.91 Å². The van der Waals surface area contributed by atoms with Gasteiger partial charge in [0.2, 0.25) is 0 Å². The van der Waals surface area contributed by atoms with Crippen LogP contribution < -0.4 is 15.4 Å². The van der Waals surface area contributed by atoms with Crippen molar-refractivity contribution in [2.24, 2.45) is 0 Å². The largest absolute Gasteiger partial charge is 0.496 e. The number of nitrogens with one attached hydrogen (secondary N) is 2. The van der Waals surface area contributed by atoms with Crippen LogP contribution in [0.3, 0.4) is 0 Å². The lowest BCUT2D eigenvalue weighted by molar-refractivity contribution is 0.102. The second-order valence-corrected chi connectivity index (χ2v) is 5.19. The second-order valence-electron chi connectivity index (χ2n) is 5.19. The van der Waals surface area contributed by atoms with E-state index in [0.717, 1.165) is 35.7 Å². The van der Waals surface area contributed by atoms with E-state index in [9.17, 15) is 4.79 Å². The summed E-state index contributed by atoms with van der Waals surface area (Å²) in [5.41, 5.74) is 4.79. The first-order valence-corrected chi connectivity index (χ1v) is 7.00. The number of anilines is 2. The molecule has 0 aromatic heterocycles. The van der Waals surface area contributed by atoms with Gasteiger partial charge >= 0.3 is 0 Å². The lowest BCUT2D eigenvalue weighted by Gasteiger charge is -2.10. The van der Waals surface area contributed by atoms with Crippen molar-refractivity contribution >= 4 is 17.3 Å². The molecule has 0 radical (unpaired) electrons. The molecule has 4 heteroatoms. The molecule has 0 bridgehead atoms. The average Bonchev–Trinajstić information content (AvgIpc) is 2.94. The molecule has 1 amide bonds. The van der Waals surface area contributed by atoms with Gasteiger partial charge < -0.3 is 15.4 Å². The van der Waals surface area contributed by atoms with Gasteiger partial charge in [-0.05, 0) is 60.9 Å². The number of fused-ring (bicyclic) bond motifs is 1. The van der Waals surface area contributed by atoms with Crippen molar-refractivity contribution in [1.82, 2.24) is 0 Å². The molecule has 0 unspecified atom stereocenters. The SMILES string of the molecule is COc1ccc(NC(=O)c2ccc3c(c2)CCN3)cc1C. The number of benzene rings is 2. The maximum absolute atomic E-state index is 12.3. The topological polar surface area (TPSA) is 50.4 Å². The number of hydrogen-bond donors (Lipinski definition) is 2. The number of carbonyl (C=O) groups is 1. The summed E-state index contributed by atoms with van der Waals surface area (Å²) < 4.78 is 5.22. The van der Waals surface area contributed by atoms with Crippen molar-refractivity contribution in [3.05, 3.63) is 53.1 Å². The first-order chi connectivity index (χ1) is 10.2. The van der Waals surface area contributed by atoms with E-state index in [1.54, 1.807) is 7.11 Å². The smallest absolute Gasteiger partial charge is 0.255 e. The number of methoxy groups -OCH3 is 1. The Hall–Kier alpha value is -2.49. The minimum Gasteiger partial charge on any atom is -0.496 e.